The fourth-order valence-corrected chi connectivity index (χ4v) is 7.89. The van der Waals surface area contributed by atoms with E-state index in [4.69, 9.17) is 19.9 Å². The van der Waals surface area contributed by atoms with Crippen molar-refractivity contribution in [2.75, 3.05) is 46.4 Å². The molecule has 3 aliphatic rings. The Morgan fingerprint density at radius 1 is 1.04 bits per heavy atom. The molecule has 2 fully saturated rings. The van der Waals surface area contributed by atoms with Gasteiger partial charge in [0, 0.05) is 37.5 Å². The minimum Gasteiger partial charge on any atom is -0.475 e. The van der Waals surface area contributed by atoms with E-state index in [9.17, 15) is 27.9 Å². The van der Waals surface area contributed by atoms with Gasteiger partial charge in [0.2, 0.25) is 0 Å². The van der Waals surface area contributed by atoms with E-state index in [-0.39, 0.29) is 35.9 Å². The number of aliphatic hydroxyl groups is 1. The van der Waals surface area contributed by atoms with Crippen molar-refractivity contribution in [2.45, 2.75) is 77.6 Å². The van der Waals surface area contributed by atoms with E-state index < -0.39 is 12.1 Å². The van der Waals surface area contributed by atoms with Gasteiger partial charge in [-0.05, 0) is 105 Å². The maximum Gasteiger partial charge on any atom is 0.490 e. The highest BCUT2D eigenvalue weighted by Crippen LogP contribution is 2.38. The number of likely N-dealkylation sites (N-methyl/N-ethyl adjacent to an activating group) is 1. The number of likely N-dealkylation sites (tertiary alicyclic amines) is 2. The molecule has 2 saturated heterocycles. The number of aromatic nitrogens is 2. The van der Waals surface area contributed by atoms with Crippen LogP contribution < -0.4 is 10.6 Å². The molecule has 284 valence electrons. The Morgan fingerprint density at radius 3 is 2.35 bits per heavy atom. The lowest BCUT2D eigenvalue weighted by Crippen LogP contribution is -2.57. The van der Waals surface area contributed by atoms with Crippen LogP contribution >= 0.6 is 11.3 Å². The fourth-order valence-electron chi connectivity index (χ4n) is 7.05. The number of hydrogen-bond acceptors (Lipinski definition) is 9. The number of carbonyl (C=O) groups excluding carboxylic acids is 2. The maximum absolute atomic E-state index is 13.8. The summed E-state index contributed by atoms with van der Waals surface area (Å²) < 4.78 is 31.7. The van der Waals surface area contributed by atoms with Gasteiger partial charge >= 0.3 is 12.1 Å². The number of benzene rings is 1. The van der Waals surface area contributed by atoms with Crippen molar-refractivity contribution in [3.05, 3.63) is 57.7 Å². The van der Waals surface area contributed by atoms with E-state index in [1.807, 2.05) is 31.3 Å². The highest BCUT2D eigenvalue weighted by Gasteiger charge is 2.38. The second-order valence-electron chi connectivity index (χ2n) is 15.3. The Bertz CT molecular complexity index is 1730. The smallest absolute Gasteiger partial charge is 0.475 e. The molecule has 0 bridgehead atoms. The topological polar surface area (TPSA) is 148 Å². The molecule has 4 heterocycles. The van der Waals surface area contributed by atoms with Crippen LogP contribution in [-0.2, 0) is 17.6 Å². The lowest BCUT2D eigenvalue weighted by molar-refractivity contribution is -0.192. The van der Waals surface area contributed by atoms with Crippen molar-refractivity contribution in [1.82, 2.24) is 30.4 Å². The molecule has 6 rings (SSSR count). The van der Waals surface area contributed by atoms with Gasteiger partial charge in [-0.25, -0.2) is 14.8 Å². The summed E-state index contributed by atoms with van der Waals surface area (Å²) in [5, 5.41) is 23.5. The number of piperidine rings is 1. The van der Waals surface area contributed by atoms with E-state index in [0.29, 0.717) is 28.8 Å². The summed E-state index contributed by atoms with van der Waals surface area (Å²) in [5.41, 5.74) is 4.96. The third kappa shape index (κ3) is 10.3. The first-order valence-electron chi connectivity index (χ1n) is 17.8. The quantitative estimate of drug-likeness (QED) is 0.235. The zero-order valence-corrected chi connectivity index (χ0v) is 30.9. The molecule has 2 aromatic heterocycles. The number of pyridine rings is 1. The van der Waals surface area contributed by atoms with Gasteiger partial charge < -0.3 is 30.6 Å². The number of aliphatic carboxylic acids is 1. The summed E-state index contributed by atoms with van der Waals surface area (Å²) in [6.07, 6.45) is 0.692. The van der Waals surface area contributed by atoms with Crippen LogP contribution in [0, 0.1) is 17.3 Å². The number of rotatable bonds is 9. The molecule has 4 N–H and O–H groups in total. The molecule has 0 radical (unpaired) electrons. The van der Waals surface area contributed by atoms with Crippen LogP contribution in [0.1, 0.15) is 89.5 Å². The highest BCUT2D eigenvalue weighted by atomic mass is 32.1. The number of amides is 2. The third-order valence-electron chi connectivity index (χ3n) is 10.4. The van der Waals surface area contributed by atoms with Gasteiger partial charge in [-0.1, -0.05) is 44.2 Å². The molecule has 11 nitrogen and oxygen atoms in total. The van der Waals surface area contributed by atoms with Crippen LogP contribution in [0.3, 0.4) is 0 Å². The van der Waals surface area contributed by atoms with Gasteiger partial charge in [0.1, 0.15) is 10.3 Å². The summed E-state index contributed by atoms with van der Waals surface area (Å²) >= 11 is 1.36. The molecule has 2 amide bonds. The monoisotopic (exact) mass is 746 g/mol. The Balaban J connectivity index is 0.000000679. The van der Waals surface area contributed by atoms with Crippen LogP contribution in [0.25, 0.3) is 10.3 Å². The first-order chi connectivity index (χ1) is 24.5. The Labute approximate surface area is 306 Å². The normalized spacial score (nSPS) is 19.6. The minimum atomic E-state index is -5.08. The first-order valence-corrected chi connectivity index (χ1v) is 18.6. The van der Waals surface area contributed by atoms with Crippen molar-refractivity contribution in [3.8, 4) is 0 Å². The molecule has 0 saturated carbocycles. The van der Waals surface area contributed by atoms with E-state index in [1.54, 1.807) is 0 Å². The predicted octanol–water partition coefficient (Wildman–Crippen LogP) is 5.08. The zero-order valence-electron chi connectivity index (χ0n) is 30.1. The number of aryl methyl sites for hydroxylation is 1. The van der Waals surface area contributed by atoms with Crippen LogP contribution in [0.4, 0.5) is 13.2 Å². The fraction of sp³-hybridized carbons (Fsp3) is 0.595. The van der Waals surface area contributed by atoms with Gasteiger partial charge in [-0.3, -0.25) is 9.59 Å². The number of nitrogens with one attached hydrogen (secondary N) is 2. The van der Waals surface area contributed by atoms with Crippen molar-refractivity contribution >= 4 is 39.5 Å². The molecule has 2 aliphatic heterocycles. The molecule has 52 heavy (non-hydrogen) atoms. The van der Waals surface area contributed by atoms with Crippen molar-refractivity contribution < 1.29 is 37.8 Å². The number of hydrogen-bond donors (Lipinski definition) is 4. The Hall–Kier alpha value is -3.66. The summed E-state index contributed by atoms with van der Waals surface area (Å²) in [6.45, 7) is 11.6. The average Bonchev–Trinajstić information content (AvgIpc) is 3.51. The molecule has 0 unspecified atom stereocenters. The SMILES string of the molecule is CN1CC(NC(=O)c2cccc([C@@H](CCN3CCC(CO)CC3)NC(=O)c3nc4cc5c(nc4s3)CC[C@H](C(C)(C)C)C5)c2)C1.O=C(O)C(F)(F)F. The van der Waals surface area contributed by atoms with Crippen molar-refractivity contribution in [2.24, 2.45) is 17.3 Å². The predicted molar refractivity (Wildman–Crippen MR) is 192 cm³/mol. The minimum absolute atomic E-state index is 0.0824. The van der Waals surface area contributed by atoms with E-state index in [2.05, 4.69) is 47.3 Å². The van der Waals surface area contributed by atoms with Crippen LogP contribution in [-0.4, -0.2) is 106 Å². The number of fused-ring (bicyclic) bond motifs is 2. The maximum atomic E-state index is 13.8. The number of carbonyl (C=O) groups is 3. The second kappa shape index (κ2) is 16.6. The molecule has 15 heteroatoms. The zero-order chi connectivity index (χ0) is 37.8. The summed E-state index contributed by atoms with van der Waals surface area (Å²) in [5.74, 6) is -2.07. The van der Waals surface area contributed by atoms with Gasteiger partial charge in [-0.2, -0.15) is 13.2 Å². The van der Waals surface area contributed by atoms with E-state index in [0.717, 1.165) is 86.4 Å². The van der Waals surface area contributed by atoms with Crippen molar-refractivity contribution in [3.63, 3.8) is 0 Å². The number of nitrogens with zero attached hydrogens (tertiary/aromatic N) is 4. The Kier molecular flexibility index (Phi) is 12.6. The number of aliphatic hydroxyl groups excluding tert-OH is 1. The standard InChI is InChI=1S/C35H48N6O3S.C2HF3O2/c1-35(2,3)26-8-9-28-25(17-26)18-30-33(38-28)45-34(39-30)32(44)37-29(12-15-41-13-10-22(21-42)11-14-41)23-6-5-7-24(16-23)31(43)36-27-19-40(4)20-27;3-2(4,5)1(6)7/h5-7,16,18,22,26-27,29,42H,8-15,17,19-21H2,1-4H3,(H,36,43)(H,37,44);(H,6,7)/t26-,29+;/m0./s1. The highest BCUT2D eigenvalue weighted by molar-refractivity contribution is 7.19. The first kappa shape index (κ1) is 39.5. The molecule has 3 aromatic rings. The van der Waals surface area contributed by atoms with Gasteiger partial charge in [0.05, 0.1) is 12.1 Å². The van der Waals surface area contributed by atoms with Crippen LogP contribution in [0.5, 0.6) is 0 Å². The Morgan fingerprint density at radius 2 is 1.73 bits per heavy atom. The van der Waals surface area contributed by atoms with Crippen LogP contribution in [0.2, 0.25) is 0 Å². The molecular formula is C37H49F3N6O5S. The number of halogens is 3. The second-order valence-corrected chi connectivity index (χ2v) is 16.3. The molecule has 1 aromatic carbocycles. The lowest BCUT2D eigenvalue weighted by Gasteiger charge is -2.36. The van der Waals surface area contributed by atoms with Crippen LogP contribution in [0.15, 0.2) is 30.3 Å². The van der Waals surface area contributed by atoms with E-state index in [1.165, 1.54) is 16.9 Å². The molecule has 0 spiro atoms. The third-order valence-corrected chi connectivity index (χ3v) is 11.3. The molecule has 1 aliphatic carbocycles. The number of carboxylic acid groups (broad SMARTS) is 1. The number of thiazole rings is 1. The van der Waals surface area contributed by atoms with Gasteiger partial charge in [0.25, 0.3) is 11.8 Å². The van der Waals surface area contributed by atoms with E-state index >= 15 is 0 Å². The lowest BCUT2D eigenvalue weighted by atomic mass is 9.71. The molecule has 2 atom stereocenters. The summed E-state index contributed by atoms with van der Waals surface area (Å²) in [4.78, 5) is 50.8. The summed E-state index contributed by atoms with van der Waals surface area (Å²) in [6, 6.07) is 9.69. The molecular weight excluding hydrogens is 698 g/mol. The number of alkyl halides is 3. The van der Waals surface area contributed by atoms with Crippen molar-refractivity contribution in [1.29, 1.82) is 0 Å². The summed E-state index contributed by atoms with van der Waals surface area (Å²) in [7, 11) is 2.04. The van der Waals surface area contributed by atoms with Gasteiger partial charge in [-0.15, -0.1) is 0 Å². The average molecular weight is 747 g/mol. The largest absolute Gasteiger partial charge is 0.490 e. The number of carboxylic acids is 1. The van der Waals surface area contributed by atoms with Gasteiger partial charge in [0.15, 0.2) is 5.01 Å².